The number of esters is 1. The van der Waals surface area contributed by atoms with Gasteiger partial charge in [-0.25, -0.2) is 14.8 Å². The average molecular weight is 435 g/mol. The molecule has 1 aromatic rings. The van der Waals surface area contributed by atoms with Gasteiger partial charge in [0.25, 0.3) is 0 Å². The van der Waals surface area contributed by atoms with E-state index < -0.39 is 17.8 Å². The molecule has 0 amide bonds. The van der Waals surface area contributed by atoms with Gasteiger partial charge in [0, 0.05) is 23.0 Å². The molecule has 0 aliphatic carbocycles. The SMILES string of the molecule is COC(=O)[C@@]1(C(F)(F)F)N=C2Sc3cc(Cl)ccc3N2C(N2CCOCC2)=N1. The fraction of sp³-hybridized carbons (Fsp3) is 0.438. The third kappa shape index (κ3) is 2.92. The molecule has 7 nitrogen and oxygen atoms in total. The number of carbonyl (C=O) groups is 1. The molecule has 0 saturated carbocycles. The Kier molecular flexibility index (Phi) is 4.71. The number of guanidine groups is 1. The fourth-order valence-corrected chi connectivity index (χ4v) is 4.41. The Morgan fingerprint density at radius 2 is 2.04 bits per heavy atom. The number of hydrogen-bond donors (Lipinski definition) is 0. The maximum Gasteiger partial charge on any atom is 0.446 e. The van der Waals surface area contributed by atoms with Crippen molar-refractivity contribution < 1.29 is 27.4 Å². The van der Waals surface area contributed by atoms with Gasteiger partial charge in [-0.1, -0.05) is 11.6 Å². The highest BCUT2D eigenvalue weighted by molar-refractivity contribution is 8.15. The zero-order chi connectivity index (χ0) is 20.1. The van der Waals surface area contributed by atoms with Gasteiger partial charge in [-0.3, -0.25) is 4.90 Å². The third-order valence-electron chi connectivity index (χ3n) is 4.43. The van der Waals surface area contributed by atoms with Crippen LogP contribution < -0.4 is 4.90 Å². The lowest BCUT2D eigenvalue weighted by Gasteiger charge is -2.39. The second kappa shape index (κ2) is 6.82. The number of carbonyl (C=O) groups excluding carboxylic acids is 1. The minimum Gasteiger partial charge on any atom is -0.465 e. The van der Waals surface area contributed by atoms with E-state index in [1.54, 1.807) is 23.1 Å². The van der Waals surface area contributed by atoms with Crippen molar-refractivity contribution in [3.8, 4) is 0 Å². The Bertz CT molecular complexity index is 888. The van der Waals surface area contributed by atoms with Crippen molar-refractivity contribution in [2.45, 2.75) is 16.7 Å². The summed E-state index contributed by atoms with van der Waals surface area (Å²) < 4.78 is 51.8. The van der Waals surface area contributed by atoms with Gasteiger partial charge in [-0.05, 0) is 30.0 Å². The summed E-state index contributed by atoms with van der Waals surface area (Å²) in [7, 11) is 0.878. The summed E-state index contributed by atoms with van der Waals surface area (Å²) >= 11 is 7.02. The van der Waals surface area contributed by atoms with E-state index in [2.05, 4.69) is 14.7 Å². The van der Waals surface area contributed by atoms with Crippen molar-refractivity contribution in [1.29, 1.82) is 0 Å². The van der Waals surface area contributed by atoms with E-state index in [9.17, 15) is 18.0 Å². The van der Waals surface area contributed by atoms with Gasteiger partial charge >= 0.3 is 17.8 Å². The molecule has 0 aromatic heterocycles. The molecule has 3 aliphatic rings. The summed E-state index contributed by atoms with van der Waals surface area (Å²) in [5.41, 5.74) is -2.76. The first-order valence-electron chi connectivity index (χ1n) is 8.22. The van der Waals surface area contributed by atoms with Crippen LogP contribution in [-0.2, 0) is 14.3 Å². The average Bonchev–Trinajstić information content (AvgIpc) is 3.03. The van der Waals surface area contributed by atoms with Crippen molar-refractivity contribution in [2.24, 2.45) is 9.98 Å². The Hall–Kier alpha value is -1.98. The molecule has 1 fully saturated rings. The number of rotatable bonds is 1. The largest absolute Gasteiger partial charge is 0.465 e. The summed E-state index contributed by atoms with van der Waals surface area (Å²) in [6, 6.07) is 4.95. The number of ether oxygens (including phenoxy) is 2. The van der Waals surface area contributed by atoms with Gasteiger partial charge < -0.3 is 14.4 Å². The maximum atomic E-state index is 14.0. The second-order valence-corrected chi connectivity index (χ2v) is 7.56. The number of anilines is 1. The predicted octanol–water partition coefficient (Wildman–Crippen LogP) is 2.74. The molecule has 0 N–H and O–H groups in total. The van der Waals surface area contributed by atoms with Crippen molar-refractivity contribution in [3.05, 3.63) is 23.2 Å². The monoisotopic (exact) mass is 434 g/mol. The minimum absolute atomic E-state index is 0.0171. The quantitative estimate of drug-likeness (QED) is 0.633. The number of benzene rings is 1. The zero-order valence-electron chi connectivity index (χ0n) is 14.5. The summed E-state index contributed by atoms with van der Waals surface area (Å²) in [6.45, 7) is 1.31. The fourth-order valence-electron chi connectivity index (χ4n) is 3.08. The number of thioether (sulfide) groups is 1. The summed E-state index contributed by atoms with van der Waals surface area (Å²) in [5.74, 6) is -1.61. The standard InChI is InChI=1S/C16H14ClF3N4O3S/c1-26-12(25)15(16(18,19)20)21-13(23-4-6-27-7-5-23)24-10-3-2-9(17)8-11(10)28-14(24)22-15/h2-3,8H,4-7H2,1H3/t15-/m0/s1. The van der Waals surface area contributed by atoms with Crippen molar-refractivity contribution >= 4 is 46.1 Å². The number of aliphatic imine (C=N–C) groups is 2. The van der Waals surface area contributed by atoms with Crippen LogP contribution in [0, 0.1) is 0 Å². The van der Waals surface area contributed by atoms with Gasteiger partial charge in [0.15, 0.2) is 5.17 Å². The Morgan fingerprint density at radius 3 is 2.68 bits per heavy atom. The van der Waals surface area contributed by atoms with Crippen LogP contribution in [0.4, 0.5) is 18.9 Å². The van der Waals surface area contributed by atoms with E-state index in [-0.39, 0.29) is 11.1 Å². The smallest absolute Gasteiger partial charge is 0.446 e. The first kappa shape index (κ1) is 19.3. The van der Waals surface area contributed by atoms with Crippen LogP contribution in [0.2, 0.25) is 5.02 Å². The van der Waals surface area contributed by atoms with Crippen LogP contribution in [0.15, 0.2) is 33.1 Å². The first-order valence-corrected chi connectivity index (χ1v) is 9.41. The highest BCUT2D eigenvalue weighted by Crippen LogP contribution is 2.48. The van der Waals surface area contributed by atoms with Gasteiger partial charge in [0.05, 0.1) is 26.0 Å². The van der Waals surface area contributed by atoms with Crippen LogP contribution >= 0.6 is 23.4 Å². The molecule has 3 heterocycles. The number of hydrogen-bond acceptors (Lipinski definition) is 8. The van der Waals surface area contributed by atoms with Gasteiger partial charge in [-0.15, -0.1) is 0 Å². The van der Waals surface area contributed by atoms with Gasteiger partial charge in [0.1, 0.15) is 0 Å². The van der Waals surface area contributed by atoms with Crippen molar-refractivity contribution in [3.63, 3.8) is 0 Å². The van der Waals surface area contributed by atoms with Crippen LogP contribution in [0.1, 0.15) is 0 Å². The molecule has 28 heavy (non-hydrogen) atoms. The number of methoxy groups -OCH3 is 1. The number of amidine groups is 1. The molecule has 0 unspecified atom stereocenters. The highest BCUT2D eigenvalue weighted by Gasteiger charge is 2.66. The lowest BCUT2D eigenvalue weighted by Crippen LogP contribution is -2.59. The molecule has 150 valence electrons. The second-order valence-electron chi connectivity index (χ2n) is 6.12. The molecular formula is C16H14ClF3N4O3S. The summed E-state index contributed by atoms with van der Waals surface area (Å²) in [5, 5.41) is 0.420. The van der Waals surface area contributed by atoms with E-state index >= 15 is 0 Å². The molecular weight excluding hydrogens is 421 g/mol. The van der Waals surface area contributed by atoms with E-state index in [0.717, 1.165) is 18.9 Å². The molecule has 1 aromatic carbocycles. The van der Waals surface area contributed by atoms with E-state index in [1.807, 2.05) is 0 Å². The van der Waals surface area contributed by atoms with Crippen LogP contribution in [0.3, 0.4) is 0 Å². The topological polar surface area (TPSA) is 66.7 Å². The maximum absolute atomic E-state index is 14.0. The number of nitrogens with zero attached hydrogens (tertiary/aromatic N) is 4. The molecule has 4 rings (SSSR count). The normalized spacial score (nSPS) is 24.3. The van der Waals surface area contributed by atoms with E-state index in [0.29, 0.717) is 41.9 Å². The van der Waals surface area contributed by atoms with Crippen LogP contribution in [0.25, 0.3) is 0 Å². The number of alkyl halides is 3. The first-order chi connectivity index (χ1) is 13.3. The van der Waals surface area contributed by atoms with Crippen molar-refractivity contribution in [1.82, 2.24) is 4.90 Å². The molecule has 12 heteroatoms. The minimum atomic E-state index is -5.08. The Morgan fingerprint density at radius 1 is 1.32 bits per heavy atom. The molecule has 0 spiro atoms. The molecule has 0 radical (unpaired) electrons. The number of halogens is 4. The molecule has 0 bridgehead atoms. The van der Waals surface area contributed by atoms with Gasteiger partial charge in [0.2, 0.25) is 5.96 Å². The van der Waals surface area contributed by atoms with Crippen molar-refractivity contribution in [2.75, 3.05) is 38.3 Å². The Labute approximate surface area is 167 Å². The van der Waals surface area contributed by atoms with Crippen LogP contribution in [0.5, 0.6) is 0 Å². The van der Waals surface area contributed by atoms with Gasteiger partial charge in [-0.2, -0.15) is 13.2 Å². The molecule has 3 aliphatic heterocycles. The Balaban J connectivity index is 1.91. The molecule has 1 atom stereocenters. The summed E-state index contributed by atoms with van der Waals surface area (Å²) in [6.07, 6.45) is -5.08. The summed E-state index contributed by atoms with van der Waals surface area (Å²) in [4.78, 5) is 23.6. The lowest BCUT2D eigenvalue weighted by atomic mass is 10.1. The van der Waals surface area contributed by atoms with Crippen LogP contribution in [-0.4, -0.2) is 67.2 Å². The third-order valence-corrected chi connectivity index (χ3v) is 5.67. The number of fused-ring (bicyclic) bond motifs is 3. The highest BCUT2D eigenvalue weighted by atomic mass is 35.5. The molecule has 1 saturated heterocycles. The lowest BCUT2D eigenvalue weighted by molar-refractivity contribution is -0.201. The number of morpholine rings is 1. The van der Waals surface area contributed by atoms with E-state index in [4.69, 9.17) is 16.3 Å². The van der Waals surface area contributed by atoms with E-state index in [1.165, 1.54) is 4.90 Å². The zero-order valence-corrected chi connectivity index (χ0v) is 16.1. The predicted molar refractivity (Wildman–Crippen MR) is 97.9 cm³/mol.